The van der Waals surface area contributed by atoms with E-state index < -0.39 is 11.2 Å². The van der Waals surface area contributed by atoms with Crippen LogP contribution in [0.5, 0.6) is 0 Å². The molecule has 2 aliphatic heterocycles. The second kappa shape index (κ2) is 3.56. The quantitative estimate of drug-likeness (QED) is 0.572. The first-order valence-electron chi connectivity index (χ1n) is 4.87. The Balaban J connectivity index is 1.92. The monoisotopic (exact) mass is 187 g/mol. The molecule has 0 aromatic rings. The summed E-state index contributed by atoms with van der Waals surface area (Å²) in [6.07, 6.45) is 5.04. The third-order valence-corrected chi connectivity index (χ3v) is 4.70. The number of piperidine rings is 1. The molecule has 0 bridgehead atoms. The molecular weight excluding hydrogens is 170 g/mol. The van der Waals surface area contributed by atoms with E-state index in [0.717, 1.165) is 11.5 Å². The molecular formula is C9H17NOS. The Kier molecular flexibility index (Phi) is 2.63. The van der Waals surface area contributed by atoms with Crippen LogP contribution in [0.15, 0.2) is 0 Å². The van der Waals surface area contributed by atoms with Gasteiger partial charge in [-0.2, -0.15) is 0 Å². The van der Waals surface area contributed by atoms with Crippen LogP contribution in [-0.4, -0.2) is 29.1 Å². The summed E-state index contributed by atoms with van der Waals surface area (Å²) in [5, 5.41) is 3.39. The minimum atomic E-state index is -0.488. The van der Waals surface area contributed by atoms with E-state index in [9.17, 15) is 4.55 Å². The summed E-state index contributed by atoms with van der Waals surface area (Å²) in [6, 6.07) is 0. The smallest absolute Gasteiger partial charge is 0.106 e. The van der Waals surface area contributed by atoms with Crippen LogP contribution in [0.25, 0.3) is 0 Å². The lowest BCUT2D eigenvalue weighted by Gasteiger charge is -2.40. The summed E-state index contributed by atoms with van der Waals surface area (Å²) in [7, 11) is 0. The summed E-state index contributed by atoms with van der Waals surface area (Å²) < 4.78 is 11.2. The highest BCUT2D eigenvalue weighted by molar-refractivity contribution is 7.91. The van der Waals surface area contributed by atoms with Gasteiger partial charge in [-0.3, -0.25) is 0 Å². The predicted molar refractivity (Wildman–Crippen MR) is 51.6 cm³/mol. The van der Waals surface area contributed by atoms with Crippen LogP contribution in [0.2, 0.25) is 0 Å². The van der Waals surface area contributed by atoms with Gasteiger partial charge in [-0.15, -0.1) is 0 Å². The summed E-state index contributed by atoms with van der Waals surface area (Å²) in [5.41, 5.74) is 0.582. The van der Waals surface area contributed by atoms with Crippen molar-refractivity contribution >= 4 is 11.2 Å². The van der Waals surface area contributed by atoms with E-state index in [1.165, 1.54) is 38.8 Å². The minimum absolute atomic E-state index is 0.488. The van der Waals surface area contributed by atoms with Crippen LogP contribution in [0, 0.1) is 5.41 Å². The van der Waals surface area contributed by atoms with Crippen LogP contribution in [0.1, 0.15) is 25.7 Å². The number of nitrogens with one attached hydrogen (secondary N) is 1. The second-order valence-electron chi connectivity index (χ2n) is 4.10. The van der Waals surface area contributed by atoms with Gasteiger partial charge >= 0.3 is 0 Å². The number of hydrogen-bond acceptors (Lipinski definition) is 2. The van der Waals surface area contributed by atoms with E-state index >= 15 is 0 Å². The summed E-state index contributed by atoms with van der Waals surface area (Å²) in [5.74, 6) is 1.92. The zero-order chi connectivity index (χ0) is 8.44. The number of hydrogen-bond donors (Lipinski definition) is 1. The second-order valence-corrected chi connectivity index (χ2v) is 5.79. The highest BCUT2D eigenvalue weighted by atomic mass is 32.2. The predicted octanol–water partition coefficient (Wildman–Crippen LogP) is 0.899. The average Bonchev–Trinajstić information content (AvgIpc) is 2.13. The van der Waals surface area contributed by atoms with E-state index in [4.69, 9.17) is 0 Å². The van der Waals surface area contributed by atoms with Crippen molar-refractivity contribution < 1.29 is 4.55 Å². The molecule has 0 atom stereocenters. The average molecular weight is 187 g/mol. The summed E-state index contributed by atoms with van der Waals surface area (Å²) >= 11 is -0.488. The molecule has 2 saturated heterocycles. The molecule has 2 nitrogen and oxygen atoms in total. The normalized spacial score (nSPS) is 30.8. The molecule has 0 amide bonds. The molecule has 0 unspecified atom stereocenters. The van der Waals surface area contributed by atoms with Crippen LogP contribution in [-0.2, 0) is 11.2 Å². The van der Waals surface area contributed by atoms with Gasteiger partial charge in [0.2, 0.25) is 0 Å². The highest BCUT2D eigenvalue weighted by Gasteiger charge is 2.37. The molecule has 1 N–H and O–H groups in total. The first-order valence-corrected chi connectivity index (χ1v) is 6.35. The van der Waals surface area contributed by atoms with Crippen LogP contribution in [0.3, 0.4) is 0 Å². The molecule has 2 fully saturated rings. The Morgan fingerprint density at radius 1 is 1.00 bits per heavy atom. The number of rotatable bonds is 0. The maximum atomic E-state index is 11.2. The largest absolute Gasteiger partial charge is 0.616 e. The standard InChI is InChI=1S/C9H17NOS/c11-12-7-3-9(4-8-12)1-5-10-6-2-9/h10H,1-8H2. The minimum Gasteiger partial charge on any atom is -0.616 e. The topological polar surface area (TPSA) is 35.1 Å². The van der Waals surface area contributed by atoms with Crippen molar-refractivity contribution in [2.24, 2.45) is 5.41 Å². The molecule has 0 aliphatic carbocycles. The summed E-state index contributed by atoms with van der Waals surface area (Å²) in [6.45, 7) is 2.35. The molecule has 0 aromatic heterocycles. The van der Waals surface area contributed by atoms with Crippen molar-refractivity contribution in [2.45, 2.75) is 25.7 Å². The van der Waals surface area contributed by atoms with Crippen molar-refractivity contribution in [3.8, 4) is 0 Å². The molecule has 3 heteroatoms. The van der Waals surface area contributed by atoms with Crippen LogP contribution >= 0.6 is 0 Å². The maximum absolute atomic E-state index is 11.2. The van der Waals surface area contributed by atoms with E-state index in [1.807, 2.05) is 0 Å². The molecule has 2 rings (SSSR count). The van der Waals surface area contributed by atoms with E-state index in [2.05, 4.69) is 5.32 Å². The highest BCUT2D eigenvalue weighted by Crippen LogP contribution is 2.40. The molecule has 0 aromatic carbocycles. The van der Waals surface area contributed by atoms with Crippen molar-refractivity contribution in [2.75, 3.05) is 24.6 Å². The lowest BCUT2D eigenvalue weighted by Crippen LogP contribution is -2.42. The van der Waals surface area contributed by atoms with Gasteiger partial charge in [-0.05, 0) is 44.2 Å². The Labute approximate surface area is 77.3 Å². The van der Waals surface area contributed by atoms with Gasteiger partial charge in [0.1, 0.15) is 11.5 Å². The fraction of sp³-hybridized carbons (Fsp3) is 1.00. The Bertz CT molecular complexity index is 147. The fourth-order valence-electron chi connectivity index (χ4n) is 2.34. The maximum Gasteiger partial charge on any atom is 0.106 e. The molecule has 1 spiro atoms. The van der Waals surface area contributed by atoms with Gasteiger partial charge in [0.15, 0.2) is 0 Å². The third-order valence-electron chi connectivity index (χ3n) is 3.38. The fourth-order valence-corrected chi connectivity index (χ4v) is 3.87. The molecule has 0 saturated carbocycles. The third kappa shape index (κ3) is 1.78. The lowest BCUT2D eigenvalue weighted by molar-refractivity contribution is 0.180. The SMILES string of the molecule is [O-][S+]1CCC2(CCNCC2)CC1. The van der Waals surface area contributed by atoms with Crippen molar-refractivity contribution in [1.82, 2.24) is 5.32 Å². The molecule has 12 heavy (non-hydrogen) atoms. The van der Waals surface area contributed by atoms with Crippen LogP contribution < -0.4 is 5.32 Å². The first-order chi connectivity index (χ1) is 5.81. The van der Waals surface area contributed by atoms with Crippen molar-refractivity contribution in [1.29, 1.82) is 0 Å². The van der Waals surface area contributed by atoms with Gasteiger partial charge in [0.05, 0.1) is 0 Å². The van der Waals surface area contributed by atoms with E-state index in [-0.39, 0.29) is 0 Å². The molecule has 2 heterocycles. The molecule has 0 radical (unpaired) electrons. The van der Waals surface area contributed by atoms with Crippen LogP contribution in [0.4, 0.5) is 0 Å². The van der Waals surface area contributed by atoms with E-state index in [0.29, 0.717) is 5.41 Å². The Morgan fingerprint density at radius 2 is 1.58 bits per heavy atom. The first kappa shape index (κ1) is 8.85. The van der Waals surface area contributed by atoms with Gasteiger partial charge < -0.3 is 9.87 Å². The van der Waals surface area contributed by atoms with Gasteiger partial charge in [0, 0.05) is 0 Å². The zero-order valence-corrected chi connectivity index (χ0v) is 8.29. The van der Waals surface area contributed by atoms with E-state index in [1.54, 1.807) is 0 Å². The lowest BCUT2D eigenvalue weighted by atomic mass is 9.74. The van der Waals surface area contributed by atoms with Gasteiger partial charge in [-0.25, -0.2) is 0 Å². The zero-order valence-electron chi connectivity index (χ0n) is 7.47. The Hall–Kier alpha value is 0.270. The van der Waals surface area contributed by atoms with Gasteiger partial charge in [0.25, 0.3) is 0 Å². The summed E-state index contributed by atoms with van der Waals surface area (Å²) in [4.78, 5) is 0. The Morgan fingerprint density at radius 3 is 2.17 bits per heavy atom. The molecule has 70 valence electrons. The molecule has 2 aliphatic rings. The van der Waals surface area contributed by atoms with Crippen molar-refractivity contribution in [3.05, 3.63) is 0 Å². The van der Waals surface area contributed by atoms with Crippen molar-refractivity contribution in [3.63, 3.8) is 0 Å². The van der Waals surface area contributed by atoms with Gasteiger partial charge in [-0.1, -0.05) is 11.2 Å².